The molecule has 2 atom stereocenters. The van der Waals surface area contributed by atoms with Gasteiger partial charge < -0.3 is 14.3 Å². The summed E-state index contributed by atoms with van der Waals surface area (Å²) < 4.78 is 10.7. The number of benzene rings is 2. The zero-order chi connectivity index (χ0) is 17.9. The lowest BCUT2D eigenvalue weighted by Gasteiger charge is -2.43. The molecule has 1 aliphatic carbocycles. The van der Waals surface area contributed by atoms with Gasteiger partial charge in [0.1, 0.15) is 17.8 Å². The molecule has 0 radical (unpaired) electrons. The molecule has 0 saturated carbocycles. The van der Waals surface area contributed by atoms with Crippen LogP contribution >= 0.6 is 0 Å². The molecular formula is C22H26O3. The SMILES string of the molecule is COc1ccc(C2(C)CCc3cc(OC)ccc3C2CCC=O)cc1. The maximum atomic E-state index is 11.1. The highest BCUT2D eigenvalue weighted by atomic mass is 16.5. The van der Waals surface area contributed by atoms with Crippen molar-refractivity contribution in [2.75, 3.05) is 14.2 Å². The first-order valence-electron chi connectivity index (χ1n) is 8.87. The highest BCUT2D eigenvalue weighted by Gasteiger charge is 2.40. The monoisotopic (exact) mass is 338 g/mol. The van der Waals surface area contributed by atoms with Gasteiger partial charge in [-0.15, -0.1) is 0 Å². The van der Waals surface area contributed by atoms with Gasteiger partial charge in [0, 0.05) is 6.42 Å². The van der Waals surface area contributed by atoms with Crippen LogP contribution in [0.1, 0.15) is 48.8 Å². The highest BCUT2D eigenvalue weighted by molar-refractivity contribution is 5.51. The Morgan fingerprint density at radius 3 is 2.40 bits per heavy atom. The van der Waals surface area contributed by atoms with E-state index in [1.54, 1.807) is 14.2 Å². The summed E-state index contributed by atoms with van der Waals surface area (Å²) >= 11 is 0. The van der Waals surface area contributed by atoms with Crippen LogP contribution in [0.25, 0.3) is 0 Å². The van der Waals surface area contributed by atoms with Crippen LogP contribution in [0.15, 0.2) is 42.5 Å². The van der Waals surface area contributed by atoms with Crippen LogP contribution in [-0.4, -0.2) is 20.5 Å². The third-order valence-corrected chi connectivity index (χ3v) is 5.73. The van der Waals surface area contributed by atoms with Crippen LogP contribution in [0.4, 0.5) is 0 Å². The molecule has 2 aromatic rings. The predicted octanol–water partition coefficient (Wildman–Crippen LogP) is 4.67. The lowest BCUT2D eigenvalue weighted by molar-refractivity contribution is -0.108. The summed E-state index contributed by atoms with van der Waals surface area (Å²) in [6.07, 6.45) is 4.56. The number of ether oxygens (including phenoxy) is 2. The molecule has 3 rings (SSSR count). The zero-order valence-electron chi connectivity index (χ0n) is 15.2. The molecule has 2 unspecified atom stereocenters. The van der Waals surface area contributed by atoms with Gasteiger partial charge in [0.15, 0.2) is 0 Å². The van der Waals surface area contributed by atoms with Crippen molar-refractivity contribution in [1.82, 2.24) is 0 Å². The van der Waals surface area contributed by atoms with Crippen LogP contribution < -0.4 is 9.47 Å². The normalized spacial score (nSPS) is 22.1. The molecule has 1 aliphatic rings. The number of aldehydes is 1. The van der Waals surface area contributed by atoms with Gasteiger partial charge in [-0.3, -0.25) is 0 Å². The van der Waals surface area contributed by atoms with Crippen LogP contribution in [0.5, 0.6) is 11.5 Å². The van der Waals surface area contributed by atoms with E-state index in [1.807, 2.05) is 18.2 Å². The van der Waals surface area contributed by atoms with Gasteiger partial charge in [0.05, 0.1) is 14.2 Å². The van der Waals surface area contributed by atoms with E-state index in [0.29, 0.717) is 12.3 Å². The second kappa shape index (κ2) is 7.30. The average Bonchev–Trinajstić information content (AvgIpc) is 2.67. The third-order valence-electron chi connectivity index (χ3n) is 5.73. The second-order valence-corrected chi connectivity index (χ2v) is 7.01. The van der Waals surface area contributed by atoms with E-state index in [1.165, 1.54) is 16.7 Å². The summed E-state index contributed by atoms with van der Waals surface area (Å²) in [5.41, 5.74) is 4.02. The Morgan fingerprint density at radius 1 is 1.08 bits per heavy atom. The fourth-order valence-corrected chi connectivity index (χ4v) is 4.20. The van der Waals surface area contributed by atoms with E-state index < -0.39 is 0 Å². The molecular weight excluding hydrogens is 312 g/mol. The van der Waals surface area contributed by atoms with Gasteiger partial charge >= 0.3 is 0 Å². The molecule has 0 aromatic heterocycles. The van der Waals surface area contributed by atoms with E-state index in [0.717, 1.165) is 37.0 Å². The van der Waals surface area contributed by atoms with E-state index >= 15 is 0 Å². The number of hydrogen-bond donors (Lipinski definition) is 0. The first kappa shape index (κ1) is 17.5. The van der Waals surface area contributed by atoms with Gasteiger partial charge in [-0.25, -0.2) is 0 Å². The zero-order valence-corrected chi connectivity index (χ0v) is 15.2. The molecule has 0 heterocycles. The van der Waals surface area contributed by atoms with Crippen molar-refractivity contribution in [3.05, 3.63) is 59.2 Å². The van der Waals surface area contributed by atoms with Gasteiger partial charge in [-0.1, -0.05) is 25.1 Å². The summed E-state index contributed by atoms with van der Waals surface area (Å²) in [5.74, 6) is 2.10. The maximum absolute atomic E-state index is 11.1. The number of carbonyl (C=O) groups excluding carboxylic acids is 1. The minimum absolute atomic E-state index is 0.0108. The molecule has 3 nitrogen and oxygen atoms in total. The number of fused-ring (bicyclic) bond motifs is 1. The van der Waals surface area contributed by atoms with Crippen molar-refractivity contribution in [1.29, 1.82) is 0 Å². The topological polar surface area (TPSA) is 35.5 Å². The maximum Gasteiger partial charge on any atom is 0.120 e. The Bertz CT molecular complexity index is 735. The summed E-state index contributed by atoms with van der Waals surface area (Å²) in [4.78, 5) is 11.1. The molecule has 25 heavy (non-hydrogen) atoms. The first-order chi connectivity index (χ1) is 12.1. The number of carbonyl (C=O) groups is 1. The molecule has 2 aromatic carbocycles. The Balaban J connectivity index is 2.03. The van der Waals surface area contributed by atoms with Crippen molar-refractivity contribution in [3.63, 3.8) is 0 Å². The number of aryl methyl sites for hydroxylation is 1. The molecule has 0 saturated heterocycles. The fraction of sp³-hybridized carbons (Fsp3) is 0.409. The Morgan fingerprint density at radius 2 is 1.76 bits per heavy atom. The van der Waals surface area contributed by atoms with Crippen LogP contribution in [0, 0.1) is 0 Å². The van der Waals surface area contributed by atoms with Crippen molar-refractivity contribution in [2.24, 2.45) is 0 Å². The van der Waals surface area contributed by atoms with Gasteiger partial charge in [0.25, 0.3) is 0 Å². The van der Waals surface area contributed by atoms with E-state index in [4.69, 9.17) is 9.47 Å². The summed E-state index contributed by atoms with van der Waals surface area (Å²) in [6.45, 7) is 2.33. The van der Waals surface area contributed by atoms with Crippen LogP contribution in [0.3, 0.4) is 0 Å². The Kier molecular flexibility index (Phi) is 5.12. The van der Waals surface area contributed by atoms with Crippen LogP contribution in [-0.2, 0) is 16.6 Å². The predicted molar refractivity (Wildman–Crippen MR) is 99.7 cm³/mol. The minimum atomic E-state index is 0.0108. The molecule has 0 aliphatic heterocycles. The van der Waals surface area contributed by atoms with Crippen molar-refractivity contribution < 1.29 is 14.3 Å². The molecule has 0 spiro atoms. The average molecular weight is 338 g/mol. The van der Waals surface area contributed by atoms with E-state index in [9.17, 15) is 4.79 Å². The summed E-state index contributed by atoms with van der Waals surface area (Å²) in [6, 6.07) is 14.8. The Hall–Kier alpha value is -2.29. The molecule has 3 heteroatoms. The summed E-state index contributed by atoms with van der Waals surface area (Å²) in [7, 11) is 3.39. The molecule has 132 valence electrons. The lowest BCUT2D eigenvalue weighted by Crippen LogP contribution is -2.35. The van der Waals surface area contributed by atoms with Crippen LogP contribution in [0.2, 0.25) is 0 Å². The number of methoxy groups -OCH3 is 2. The smallest absolute Gasteiger partial charge is 0.120 e. The second-order valence-electron chi connectivity index (χ2n) is 7.01. The molecule has 0 amide bonds. The number of rotatable bonds is 6. The first-order valence-corrected chi connectivity index (χ1v) is 8.87. The number of hydrogen-bond acceptors (Lipinski definition) is 3. The van der Waals surface area contributed by atoms with Gasteiger partial charge in [-0.05, 0) is 71.6 Å². The highest BCUT2D eigenvalue weighted by Crippen LogP contribution is 2.50. The van der Waals surface area contributed by atoms with E-state index in [-0.39, 0.29) is 5.41 Å². The van der Waals surface area contributed by atoms with Crippen molar-refractivity contribution in [2.45, 2.75) is 43.9 Å². The molecule has 0 fully saturated rings. The van der Waals surface area contributed by atoms with Gasteiger partial charge in [-0.2, -0.15) is 0 Å². The minimum Gasteiger partial charge on any atom is -0.497 e. The lowest BCUT2D eigenvalue weighted by atomic mass is 9.60. The standard InChI is InChI=1S/C22H26O3/c1-22(17-6-8-18(24-2)9-7-17)13-12-16-15-19(25-3)10-11-20(16)21(22)5-4-14-23/h6-11,14-15,21H,4-5,12-13H2,1-3H3. The third kappa shape index (κ3) is 3.28. The van der Waals surface area contributed by atoms with Gasteiger partial charge in [0.2, 0.25) is 0 Å². The quantitative estimate of drug-likeness (QED) is 0.718. The molecule has 0 N–H and O–H groups in total. The van der Waals surface area contributed by atoms with Crippen molar-refractivity contribution >= 4 is 6.29 Å². The Labute approximate surface area is 150 Å². The van der Waals surface area contributed by atoms with Crippen molar-refractivity contribution in [3.8, 4) is 11.5 Å². The fourth-order valence-electron chi connectivity index (χ4n) is 4.20. The summed E-state index contributed by atoms with van der Waals surface area (Å²) in [5, 5.41) is 0. The largest absolute Gasteiger partial charge is 0.497 e. The van der Waals surface area contributed by atoms with E-state index in [2.05, 4.69) is 31.2 Å². The molecule has 0 bridgehead atoms.